The number of benzene rings is 2. The van der Waals surface area contributed by atoms with E-state index in [1.165, 1.54) is 12.1 Å². The van der Waals surface area contributed by atoms with Gasteiger partial charge in [-0.05, 0) is 24.1 Å². The van der Waals surface area contributed by atoms with Gasteiger partial charge in [-0.2, -0.15) is 0 Å². The summed E-state index contributed by atoms with van der Waals surface area (Å²) in [5.41, 5.74) is 2.13. The molecule has 180 valence electrons. The number of amidine groups is 1. The molecule has 0 atom stereocenters. The first-order valence-corrected chi connectivity index (χ1v) is 12.7. The Morgan fingerprint density at radius 3 is 2.58 bits per heavy atom. The lowest BCUT2D eigenvalue weighted by Gasteiger charge is -2.18. The minimum absolute atomic E-state index is 0. The quantitative estimate of drug-likeness (QED) is 0.458. The number of halogens is 3. The Morgan fingerprint density at radius 1 is 1.18 bits per heavy atom. The van der Waals surface area contributed by atoms with Gasteiger partial charge in [0.05, 0.1) is 21.5 Å². The molecule has 7 nitrogen and oxygen atoms in total. The number of amides is 1. The van der Waals surface area contributed by atoms with E-state index in [4.69, 9.17) is 23.2 Å². The number of carbonyl (C=O) groups is 1. The summed E-state index contributed by atoms with van der Waals surface area (Å²) >= 11 is 11.9. The van der Waals surface area contributed by atoms with Gasteiger partial charge in [0.15, 0.2) is 9.84 Å². The minimum Gasteiger partial charge on any atom is -0.368 e. The summed E-state index contributed by atoms with van der Waals surface area (Å²) in [5.74, 6) is 0.625. The maximum atomic E-state index is 12.5. The number of aryl methyl sites for hydroxylation is 1. The van der Waals surface area contributed by atoms with Crippen molar-refractivity contribution < 1.29 is 13.2 Å². The van der Waals surface area contributed by atoms with E-state index in [1.807, 2.05) is 24.3 Å². The van der Waals surface area contributed by atoms with Crippen LogP contribution >= 0.6 is 35.6 Å². The molecule has 0 spiro atoms. The monoisotopic (exact) mass is 532 g/mol. The van der Waals surface area contributed by atoms with Crippen molar-refractivity contribution in [3.05, 3.63) is 63.6 Å². The maximum absolute atomic E-state index is 12.5. The largest absolute Gasteiger partial charge is 0.368 e. The smallest absolute Gasteiger partial charge is 0.222 e. The number of nitrogens with one attached hydrogen (secondary N) is 2. The third kappa shape index (κ3) is 7.58. The number of sulfone groups is 1. The van der Waals surface area contributed by atoms with Crippen LogP contribution in [0.25, 0.3) is 0 Å². The second-order valence-corrected chi connectivity index (χ2v) is 10.2. The number of rotatable bonds is 10. The molecule has 2 aromatic carbocycles. The van der Waals surface area contributed by atoms with Gasteiger partial charge in [-0.1, -0.05) is 53.5 Å². The summed E-state index contributed by atoms with van der Waals surface area (Å²) < 4.78 is 24.9. The van der Waals surface area contributed by atoms with Gasteiger partial charge in [0.25, 0.3) is 0 Å². The summed E-state index contributed by atoms with van der Waals surface area (Å²) in [6.45, 7) is 2.39. The summed E-state index contributed by atoms with van der Waals surface area (Å²) in [7, 11) is -1.92. The molecule has 0 saturated carbocycles. The van der Waals surface area contributed by atoms with Crippen molar-refractivity contribution in [3.63, 3.8) is 0 Å². The predicted octanol–water partition coefficient (Wildman–Crippen LogP) is 3.18. The molecule has 33 heavy (non-hydrogen) atoms. The van der Waals surface area contributed by atoms with Crippen LogP contribution in [0.5, 0.6) is 0 Å². The van der Waals surface area contributed by atoms with Crippen LogP contribution in [0.4, 0.5) is 0 Å². The Balaban J connectivity index is 0.00000385. The molecule has 0 unspecified atom stereocenters. The Hall–Kier alpha value is -1.84. The zero-order valence-corrected chi connectivity index (χ0v) is 21.3. The number of likely N-dealkylation sites (N-methyl/N-ethyl adjacent to an activating group) is 1. The molecule has 2 N–H and O–H groups in total. The van der Waals surface area contributed by atoms with Gasteiger partial charge in [-0.3, -0.25) is 9.79 Å². The van der Waals surface area contributed by atoms with Crippen molar-refractivity contribution in [2.45, 2.75) is 17.7 Å². The topological polar surface area (TPSA) is 90.9 Å². The lowest BCUT2D eigenvalue weighted by atomic mass is 10.1. The third-order valence-electron chi connectivity index (χ3n) is 5.12. The molecule has 0 radical (unpaired) electrons. The van der Waals surface area contributed by atoms with Gasteiger partial charge in [0.2, 0.25) is 5.91 Å². The SMILES string of the molecule is CN(CCNCS(=O)(=O)c1cccc(Cl)c1Cl)C(=O)CCc1ccc(C2=NCCN2)cc1.Cl. The van der Waals surface area contributed by atoms with Gasteiger partial charge in [-0.15, -0.1) is 12.4 Å². The van der Waals surface area contributed by atoms with E-state index in [-0.39, 0.29) is 39.1 Å². The Bertz CT molecular complexity index is 1090. The van der Waals surface area contributed by atoms with E-state index >= 15 is 0 Å². The highest BCUT2D eigenvalue weighted by Gasteiger charge is 2.19. The van der Waals surface area contributed by atoms with E-state index in [2.05, 4.69) is 15.6 Å². The zero-order chi connectivity index (χ0) is 23.1. The summed E-state index contributed by atoms with van der Waals surface area (Å²) in [6, 6.07) is 12.5. The Labute approximate surface area is 210 Å². The summed E-state index contributed by atoms with van der Waals surface area (Å²) in [6.07, 6.45) is 1.02. The zero-order valence-electron chi connectivity index (χ0n) is 18.2. The second-order valence-electron chi connectivity index (χ2n) is 7.48. The fraction of sp³-hybridized carbons (Fsp3) is 0.364. The average molecular weight is 534 g/mol. The molecule has 0 aliphatic carbocycles. The van der Waals surface area contributed by atoms with E-state index in [0.29, 0.717) is 25.9 Å². The van der Waals surface area contributed by atoms with E-state index in [0.717, 1.165) is 30.1 Å². The lowest BCUT2D eigenvalue weighted by molar-refractivity contribution is -0.129. The molecule has 11 heteroatoms. The van der Waals surface area contributed by atoms with Gasteiger partial charge >= 0.3 is 0 Å². The number of hydrogen-bond donors (Lipinski definition) is 2. The number of carbonyl (C=O) groups excluding carboxylic acids is 1. The fourth-order valence-electron chi connectivity index (χ4n) is 3.24. The molecule has 1 aliphatic rings. The second kappa shape index (κ2) is 12.6. The van der Waals surface area contributed by atoms with Crippen LogP contribution in [-0.2, 0) is 21.1 Å². The molecule has 0 bridgehead atoms. The number of aliphatic imine (C=N–C) groups is 1. The van der Waals surface area contributed by atoms with Crippen molar-refractivity contribution in [3.8, 4) is 0 Å². The minimum atomic E-state index is -3.63. The molecular formula is C22H27Cl3N4O3S. The first-order valence-electron chi connectivity index (χ1n) is 10.3. The van der Waals surface area contributed by atoms with Crippen molar-refractivity contribution >= 4 is 57.2 Å². The molecule has 3 rings (SSSR count). The summed E-state index contributed by atoms with van der Waals surface area (Å²) in [5, 5.41) is 6.31. The van der Waals surface area contributed by atoms with Crippen LogP contribution in [0.1, 0.15) is 17.5 Å². The van der Waals surface area contributed by atoms with E-state index in [1.54, 1.807) is 18.0 Å². The van der Waals surface area contributed by atoms with Gasteiger partial charge in [-0.25, -0.2) is 8.42 Å². The summed E-state index contributed by atoms with van der Waals surface area (Å²) in [4.78, 5) is 18.4. The van der Waals surface area contributed by atoms with Crippen molar-refractivity contribution in [1.82, 2.24) is 15.5 Å². The highest BCUT2D eigenvalue weighted by molar-refractivity contribution is 7.91. The highest BCUT2D eigenvalue weighted by atomic mass is 35.5. The first-order chi connectivity index (χ1) is 15.3. The Kier molecular flexibility index (Phi) is 10.4. The maximum Gasteiger partial charge on any atom is 0.222 e. The molecule has 0 aromatic heterocycles. The lowest BCUT2D eigenvalue weighted by Crippen LogP contribution is -2.35. The first kappa shape index (κ1) is 27.4. The fourth-order valence-corrected chi connectivity index (χ4v) is 5.19. The average Bonchev–Trinajstić information content (AvgIpc) is 3.32. The van der Waals surface area contributed by atoms with Crippen LogP contribution in [0.2, 0.25) is 10.0 Å². The van der Waals surface area contributed by atoms with Crippen molar-refractivity contribution in [2.24, 2.45) is 4.99 Å². The molecule has 1 heterocycles. The highest BCUT2D eigenvalue weighted by Crippen LogP contribution is 2.29. The third-order valence-corrected chi connectivity index (χ3v) is 7.65. The number of nitrogens with zero attached hydrogens (tertiary/aromatic N) is 2. The standard InChI is InChI=1S/C22H26Cl2N4O3S.ClH/c1-28(14-13-25-15-32(30,31)19-4-2-3-18(23)21(19)24)20(29)10-7-16-5-8-17(9-6-16)22-26-11-12-27-22;/h2-6,8-9,25H,7,10-15H2,1H3,(H,26,27);1H. The molecule has 1 aliphatic heterocycles. The van der Waals surface area contributed by atoms with Crippen molar-refractivity contribution in [1.29, 1.82) is 0 Å². The molecule has 0 saturated heterocycles. The van der Waals surface area contributed by atoms with Crippen LogP contribution in [-0.4, -0.2) is 64.2 Å². The molecule has 1 amide bonds. The molecule has 0 fully saturated rings. The van der Waals surface area contributed by atoms with Crippen LogP contribution < -0.4 is 10.6 Å². The molecule has 2 aromatic rings. The number of hydrogen-bond acceptors (Lipinski definition) is 6. The molecular weight excluding hydrogens is 507 g/mol. The van der Waals surface area contributed by atoms with Crippen LogP contribution in [0.15, 0.2) is 52.4 Å². The van der Waals surface area contributed by atoms with Crippen LogP contribution in [0.3, 0.4) is 0 Å². The van der Waals surface area contributed by atoms with Gasteiger partial charge in [0, 0.05) is 38.7 Å². The van der Waals surface area contributed by atoms with E-state index < -0.39 is 9.84 Å². The predicted molar refractivity (Wildman–Crippen MR) is 136 cm³/mol. The van der Waals surface area contributed by atoms with Gasteiger partial charge in [0.1, 0.15) is 11.7 Å². The van der Waals surface area contributed by atoms with Crippen LogP contribution in [0, 0.1) is 0 Å². The normalized spacial score (nSPS) is 13.1. The van der Waals surface area contributed by atoms with Gasteiger partial charge < -0.3 is 15.5 Å². The van der Waals surface area contributed by atoms with Crippen molar-refractivity contribution in [2.75, 3.05) is 39.1 Å². The Morgan fingerprint density at radius 2 is 1.91 bits per heavy atom. The van der Waals surface area contributed by atoms with E-state index in [9.17, 15) is 13.2 Å².